The van der Waals surface area contributed by atoms with Gasteiger partial charge in [0.15, 0.2) is 5.82 Å². The third-order valence-electron chi connectivity index (χ3n) is 3.53. The van der Waals surface area contributed by atoms with Crippen LogP contribution in [-0.4, -0.2) is 32.8 Å². The molecule has 0 radical (unpaired) electrons. The topological polar surface area (TPSA) is 85.9 Å². The maximum absolute atomic E-state index is 10.6. The molecule has 1 aromatic carbocycles. The maximum atomic E-state index is 10.6. The third kappa shape index (κ3) is 2.53. The van der Waals surface area contributed by atoms with Crippen molar-refractivity contribution < 1.29 is 4.92 Å². The number of nitrogens with one attached hydrogen (secondary N) is 1. The number of non-ortho nitro benzene ring substituents is 1. The van der Waals surface area contributed by atoms with Crippen LogP contribution < -0.4 is 5.32 Å². The lowest BCUT2D eigenvalue weighted by Crippen LogP contribution is -2.29. The van der Waals surface area contributed by atoms with Crippen LogP contribution in [0.15, 0.2) is 30.6 Å². The summed E-state index contributed by atoms with van der Waals surface area (Å²) in [6, 6.07) is 6.69. The molecule has 1 aliphatic heterocycles. The predicted molar refractivity (Wildman–Crippen MR) is 73.3 cm³/mol. The molecule has 7 nitrogen and oxygen atoms in total. The van der Waals surface area contributed by atoms with Gasteiger partial charge in [0, 0.05) is 17.7 Å². The van der Waals surface area contributed by atoms with Crippen LogP contribution >= 0.6 is 0 Å². The Hall–Kier alpha value is -2.28. The summed E-state index contributed by atoms with van der Waals surface area (Å²) in [4.78, 5) is 14.5. The first-order chi connectivity index (χ1) is 9.74. The van der Waals surface area contributed by atoms with Crippen LogP contribution in [0.2, 0.25) is 0 Å². The van der Waals surface area contributed by atoms with E-state index in [1.54, 1.807) is 18.5 Å². The van der Waals surface area contributed by atoms with E-state index in [0.29, 0.717) is 11.9 Å². The molecule has 104 valence electrons. The number of piperidine rings is 1. The van der Waals surface area contributed by atoms with Gasteiger partial charge in [-0.2, -0.15) is 5.10 Å². The summed E-state index contributed by atoms with van der Waals surface area (Å²) in [7, 11) is 0. The number of nitro benzene ring substituents is 1. The molecular formula is C13H15N5O2. The number of rotatable bonds is 3. The van der Waals surface area contributed by atoms with Crippen LogP contribution in [0.4, 0.5) is 5.69 Å². The first-order valence-electron chi connectivity index (χ1n) is 6.61. The Morgan fingerprint density at radius 1 is 1.25 bits per heavy atom. The summed E-state index contributed by atoms with van der Waals surface area (Å²) in [5, 5.41) is 18.4. The summed E-state index contributed by atoms with van der Waals surface area (Å²) < 4.78 is 1.90. The van der Waals surface area contributed by atoms with Crippen molar-refractivity contribution in [3.05, 3.63) is 40.7 Å². The first-order valence-corrected chi connectivity index (χ1v) is 6.61. The highest BCUT2D eigenvalue weighted by Crippen LogP contribution is 2.22. The van der Waals surface area contributed by atoms with Crippen LogP contribution in [0.5, 0.6) is 0 Å². The summed E-state index contributed by atoms with van der Waals surface area (Å²) in [5.74, 6) is 0.610. The molecule has 0 saturated carbocycles. The van der Waals surface area contributed by atoms with E-state index in [2.05, 4.69) is 15.4 Å². The number of hydrogen-bond donors (Lipinski definition) is 1. The zero-order chi connectivity index (χ0) is 13.9. The van der Waals surface area contributed by atoms with Crippen molar-refractivity contribution in [3.8, 4) is 11.4 Å². The van der Waals surface area contributed by atoms with E-state index in [1.165, 1.54) is 12.1 Å². The standard InChI is InChI=1S/C13H15N5O2/c19-18(20)12-3-1-10(2-4-12)13-15-9-17(16-13)11-5-7-14-8-6-11/h1-4,9,11,14H,5-8H2. The molecule has 1 aliphatic rings. The maximum Gasteiger partial charge on any atom is 0.269 e. The second-order valence-corrected chi connectivity index (χ2v) is 4.83. The summed E-state index contributed by atoms with van der Waals surface area (Å²) in [6.07, 6.45) is 3.83. The van der Waals surface area contributed by atoms with E-state index in [9.17, 15) is 10.1 Å². The molecule has 0 amide bonds. The molecule has 2 aromatic rings. The van der Waals surface area contributed by atoms with Crippen molar-refractivity contribution >= 4 is 5.69 Å². The molecule has 20 heavy (non-hydrogen) atoms. The molecule has 2 heterocycles. The molecule has 1 N–H and O–H groups in total. The van der Waals surface area contributed by atoms with E-state index < -0.39 is 4.92 Å². The van der Waals surface area contributed by atoms with Crippen LogP contribution in [0.3, 0.4) is 0 Å². The molecule has 3 rings (SSSR count). The average Bonchev–Trinajstić information content (AvgIpc) is 2.98. The van der Waals surface area contributed by atoms with Gasteiger partial charge in [-0.15, -0.1) is 0 Å². The van der Waals surface area contributed by atoms with Crippen LogP contribution in [0.1, 0.15) is 18.9 Å². The summed E-state index contributed by atoms with van der Waals surface area (Å²) in [5.41, 5.74) is 0.870. The zero-order valence-electron chi connectivity index (χ0n) is 10.9. The smallest absolute Gasteiger partial charge is 0.269 e. The van der Waals surface area contributed by atoms with Gasteiger partial charge in [0.1, 0.15) is 6.33 Å². The normalized spacial score (nSPS) is 16.2. The van der Waals surface area contributed by atoms with Crippen molar-refractivity contribution in [1.82, 2.24) is 20.1 Å². The van der Waals surface area contributed by atoms with Crippen molar-refractivity contribution in [2.75, 3.05) is 13.1 Å². The number of aromatic nitrogens is 3. The van der Waals surface area contributed by atoms with Crippen LogP contribution in [-0.2, 0) is 0 Å². The van der Waals surface area contributed by atoms with Crippen LogP contribution in [0, 0.1) is 10.1 Å². The molecule has 0 atom stereocenters. The third-order valence-corrected chi connectivity index (χ3v) is 3.53. The zero-order valence-corrected chi connectivity index (χ0v) is 10.9. The molecular weight excluding hydrogens is 258 g/mol. The largest absolute Gasteiger partial charge is 0.317 e. The van der Waals surface area contributed by atoms with E-state index in [4.69, 9.17) is 0 Å². The minimum absolute atomic E-state index is 0.0755. The molecule has 1 aromatic heterocycles. The van der Waals surface area contributed by atoms with Gasteiger partial charge in [-0.1, -0.05) is 0 Å². The predicted octanol–water partition coefficient (Wildman–Crippen LogP) is 1.78. The fraction of sp³-hybridized carbons (Fsp3) is 0.385. The van der Waals surface area contributed by atoms with Gasteiger partial charge in [-0.25, -0.2) is 9.67 Å². The van der Waals surface area contributed by atoms with Gasteiger partial charge in [0.05, 0.1) is 11.0 Å². The van der Waals surface area contributed by atoms with E-state index >= 15 is 0 Å². The molecule has 1 fully saturated rings. The molecule has 0 bridgehead atoms. The Bertz CT molecular complexity index is 601. The lowest BCUT2D eigenvalue weighted by Gasteiger charge is -2.22. The summed E-state index contributed by atoms with van der Waals surface area (Å²) >= 11 is 0. The average molecular weight is 273 g/mol. The Labute approximate surface area is 115 Å². The number of hydrogen-bond acceptors (Lipinski definition) is 5. The second-order valence-electron chi connectivity index (χ2n) is 4.83. The minimum atomic E-state index is -0.412. The van der Waals surface area contributed by atoms with Crippen molar-refractivity contribution in [1.29, 1.82) is 0 Å². The summed E-state index contributed by atoms with van der Waals surface area (Å²) in [6.45, 7) is 1.99. The molecule has 1 saturated heterocycles. The van der Waals surface area contributed by atoms with Crippen molar-refractivity contribution in [2.45, 2.75) is 18.9 Å². The Balaban J connectivity index is 1.80. The van der Waals surface area contributed by atoms with Gasteiger partial charge in [0.2, 0.25) is 0 Å². The quantitative estimate of drug-likeness (QED) is 0.680. The highest BCUT2D eigenvalue weighted by molar-refractivity contribution is 5.56. The van der Waals surface area contributed by atoms with Gasteiger partial charge in [0.25, 0.3) is 5.69 Å². The molecule has 0 unspecified atom stereocenters. The monoisotopic (exact) mass is 273 g/mol. The van der Waals surface area contributed by atoms with Crippen LogP contribution in [0.25, 0.3) is 11.4 Å². The Morgan fingerprint density at radius 3 is 2.60 bits per heavy atom. The highest BCUT2D eigenvalue weighted by Gasteiger charge is 2.17. The molecule has 0 aliphatic carbocycles. The first kappa shape index (κ1) is 12.7. The molecule has 0 spiro atoms. The van der Waals surface area contributed by atoms with Gasteiger partial charge >= 0.3 is 0 Å². The molecule has 7 heteroatoms. The van der Waals surface area contributed by atoms with Crippen molar-refractivity contribution in [2.24, 2.45) is 0 Å². The van der Waals surface area contributed by atoms with Crippen molar-refractivity contribution in [3.63, 3.8) is 0 Å². The minimum Gasteiger partial charge on any atom is -0.317 e. The Kier molecular flexibility index (Phi) is 3.42. The fourth-order valence-corrected chi connectivity index (χ4v) is 2.39. The van der Waals surface area contributed by atoms with Gasteiger partial charge in [-0.05, 0) is 38.1 Å². The second kappa shape index (κ2) is 5.38. The van der Waals surface area contributed by atoms with E-state index in [-0.39, 0.29) is 5.69 Å². The fourth-order valence-electron chi connectivity index (χ4n) is 2.39. The number of benzene rings is 1. The number of nitrogens with zero attached hydrogens (tertiary/aromatic N) is 4. The van der Waals surface area contributed by atoms with Gasteiger partial charge in [-0.3, -0.25) is 10.1 Å². The van der Waals surface area contributed by atoms with Gasteiger partial charge < -0.3 is 5.32 Å². The van der Waals surface area contributed by atoms with E-state index in [0.717, 1.165) is 31.5 Å². The highest BCUT2D eigenvalue weighted by atomic mass is 16.6. The SMILES string of the molecule is O=[N+]([O-])c1ccc(-c2ncn(C3CCNCC3)n2)cc1. The lowest BCUT2D eigenvalue weighted by molar-refractivity contribution is -0.384. The Morgan fingerprint density at radius 2 is 1.95 bits per heavy atom. The van der Waals surface area contributed by atoms with E-state index in [1.807, 2.05) is 4.68 Å². The lowest BCUT2D eigenvalue weighted by atomic mass is 10.1. The number of nitro groups is 1.